The maximum Gasteiger partial charge on any atom is 0.195 e. The van der Waals surface area contributed by atoms with Gasteiger partial charge in [0.2, 0.25) is 0 Å². The van der Waals surface area contributed by atoms with E-state index in [1.54, 1.807) is 0 Å². The largest absolute Gasteiger partial charge is 0.578 e. The van der Waals surface area contributed by atoms with Gasteiger partial charge in [-0.2, -0.15) is 0 Å². The van der Waals surface area contributed by atoms with Crippen molar-refractivity contribution in [1.82, 2.24) is 0 Å². The van der Waals surface area contributed by atoms with E-state index < -0.39 is 37.6 Å². The Bertz CT molecular complexity index is 484. The van der Waals surface area contributed by atoms with E-state index in [4.69, 9.17) is 7.85 Å². The highest BCUT2D eigenvalue weighted by molar-refractivity contribution is 7.91. The van der Waals surface area contributed by atoms with Gasteiger partial charge in [-0.15, -0.1) is 0 Å². The minimum atomic E-state index is -4.01. The van der Waals surface area contributed by atoms with Crippen LogP contribution in [-0.2, 0) is 9.84 Å². The molecule has 7 heteroatoms. The zero-order valence-electron chi connectivity index (χ0n) is 7.01. The molecule has 0 unspecified atom stereocenters. The lowest BCUT2D eigenvalue weighted by Crippen LogP contribution is -2.20. The van der Waals surface area contributed by atoms with E-state index >= 15 is 0 Å². The van der Waals surface area contributed by atoms with Crippen LogP contribution in [0.15, 0.2) is 11.0 Å². The van der Waals surface area contributed by atoms with Crippen molar-refractivity contribution >= 4 is 23.1 Å². The molecule has 0 heterocycles. The predicted molar refractivity (Wildman–Crippen MR) is 44.8 cm³/mol. The molecule has 0 aliphatic heterocycles. The second kappa shape index (κ2) is 3.31. The van der Waals surface area contributed by atoms with E-state index in [0.29, 0.717) is 12.3 Å². The fourth-order valence-electron chi connectivity index (χ4n) is 0.974. The standard InChI is InChI=1S/C7H4BF3O2S/c1-14(12,13)7-3(8)2-4(9)5(10)6(7)11/h2H,1H3/q-1. The topological polar surface area (TPSA) is 34.1 Å². The number of sulfone groups is 1. The van der Waals surface area contributed by atoms with Crippen LogP contribution >= 0.6 is 0 Å². The molecular formula is C7H4BF3O2S-. The molecule has 0 saturated carbocycles. The van der Waals surface area contributed by atoms with E-state index in [0.717, 1.165) is 0 Å². The Morgan fingerprint density at radius 1 is 1.21 bits per heavy atom. The van der Waals surface area contributed by atoms with Crippen LogP contribution in [0.2, 0.25) is 0 Å². The maximum atomic E-state index is 12.9. The van der Waals surface area contributed by atoms with Crippen LogP contribution in [0.1, 0.15) is 0 Å². The Hall–Kier alpha value is -0.975. The number of hydrogen-bond donors (Lipinski definition) is 0. The second-order valence-corrected chi connectivity index (χ2v) is 4.63. The van der Waals surface area contributed by atoms with E-state index in [1.807, 2.05) is 0 Å². The number of rotatable bonds is 1. The Labute approximate surface area is 80.1 Å². The van der Waals surface area contributed by atoms with Crippen molar-refractivity contribution in [2.75, 3.05) is 6.26 Å². The summed E-state index contributed by atoms with van der Waals surface area (Å²) in [5, 5.41) is 0. The molecule has 14 heavy (non-hydrogen) atoms. The third-order valence-electron chi connectivity index (χ3n) is 1.52. The van der Waals surface area contributed by atoms with E-state index in [-0.39, 0.29) is 0 Å². The normalized spacial score (nSPS) is 11.8. The molecule has 3 radical (unpaired) electrons. The Morgan fingerprint density at radius 2 is 1.71 bits per heavy atom. The molecule has 0 amide bonds. The summed E-state index contributed by atoms with van der Waals surface area (Å²) >= 11 is 0. The van der Waals surface area contributed by atoms with Crippen LogP contribution in [-0.4, -0.2) is 22.5 Å². The van der Waals surface area contributed by atoms with E-state index in [2.05, 4.69) is 0 Å². The molecule has 0 fully saturated rings. The molecule has 0 atom stereocenters. The van der Waals surface area contributed by atoms with Crippen molar-refractivity contribution in [2.24, 2.45) is 0 Å². The summed E-state index contributed by atoms with van der Waals surface area (Å²) in [5.74, 6) is -5.16. The number of benzene rings is 1. The van der Waals surface area contributed by atoms with Crippen LogP contribution in [0.25, 0.3) is 0 Å². The van der Waals surface area contributed by atoms with Gasteiger partial charge in [0.25, 0.3) is 0 Å². The molecule has 1 aromatic carbocycles. The smallest absolute Gasteiger partial charge is 0.195 e. The van der Waals surface area contributed by atoms with Gasteiger partial charge in [0.05, 0.1) is 4.90 Å². The van der Waals surface area contributed by atoms with Gasteiger partial charge >= 0.3 is 0 Å². The van der Waals surface area contributed by atoms with Crippen LogP contribution in [0.5, 0.6) is 0 Å². The molecule has 75 valence electrons. The fourth-order valence-corrected chi connectivity index (χ4v) is 1.88. The van der Waals surface area contributed by atoms with Gasteiger partial charge in [0, 0.05) is 6.26 Å². The minimum Gasteiger partial charge on any atom is -0.578 e. The highest BCUT2D eigenvalue weighted by Gasteiger charge is 2.19. The van der Waals surface area contributed by atoms with Gasteiger partial charge in [0.15, 0.2) is 27.3 Å². The van der Waals surface area contributed by atoms with Gasteiger partial charge in [-0.05, 0) is 0 Å². The third-order valence-corrected chi connectivity index (χ3v) is 2.67. The molecule has 2 nitrogen and oxygen atoms in total. The molecule has 0 aliphatic carbocycles. The number of halogens is 3. The molecule has 1 aromatic rings. The molecule has 0 aromatic heterocycles. The second-order valence-electron chi connectivity index (χ2n) is 2.68. The van der Waals surface area contributed by atoms with Crippen LogP contribution < -0.4 is 5.46 Å². The summed E-state index contributed by atoms with van der Waals surface area (Å²) < 4.78 is 60.0. The minimum absolute atomic E-state index is 0.425. The van der Waals surface area contributed by atoms with E-state index in [9.17, 15) is 21.6 Å². The van der Waals surface area contributed by atoms with Gasteiger partial charge in [-0.1, -0.05) is 6.07 Å². The summed E-state index contributed by atoms with van der Waals surface area (Å²) in [6.07, 6.45) is 0.652. The first kappa shape index (κ1) is 11.1. The zero-order valence-corrected chi connectivity index (χ0v) is 7.83. The first-order valence-electron chi connectivity index (χ1n) is 3.38. The van der Waals surface area contributed by atoms with Gasteiger partial charge < -0.3 is 7.85 Å². The summed E-state index contributed by atoms with van der Waals surface area (Å²) in [4.78, 5) is -1.02. The maximum absolute atomic E-state index is 12.9. The van der Waals surface area contributed by atoms with E-state index in [1.165, 1.54) is 0 Å². The van der Waals surface area contributed by atoms with Crippen molar-refractivity contribution in [2.45, 2.75) is 4.90 Å². The first-order chi connectivity index (χ1) is 6.25. The molecular weight excluding hydrogens is 216 g/mol. The van der Waals surface area contributed by atoms with Gasteiger partial charge in [-0.3, -0.25) is 5.46 Å². The van der Waals surface area contributed by atoms with Crippen molar-refractivity contribution < 1.29 is 21.6 Å². The summed E-state index contributed by atoms with van der Waals surface area (Å²) in [6.45, 7) is 0. The average Bonchev–Trinajstić information content (AvgIpc) is 1.97. The molecule has 0 N–H and O–H groups in total. The van der Waals surface area contributed by atoms with Crippen molar-refractivity contribution in [1.29, 1.82) is 0 Å². The highest BCUT2D eigenvalue weighted by Crippen LogP contribution is 2.17. The lowest BCUT2D eigenvalue weighted by Gasteiger charge is -2.15. The lowest BCUT2D eigenvalue weighted by molar-refractivity contribution is 0.434. The fraction of sp³-hybridized carbons (Fsp3) is 0.143. The highest BCUT2D eigenvalue weighted by atomic mass is 32.2. The Kier molecular flexibility index (Phi) is 2.62. The Morgan fingerprint density at radius 3 is 2.14 bits per heavy atom. The molecule has 0 aliphatic rings. The third kappa shape index (κ3) is 1.77. The molecule has 0 bridgehead atoms. The molecule has 1 rings (SSSR count). The molecule has 0 spiro atoms. The lowest BCUT2D eigenvalue weighted by atomic mass is 9.96. The summed E-state index contributed by atoms with van der Waals surface area (Å²) in [5.41, 5.74) is -0.649. The summed E-state index contributed by atoms with van der Waals surface area (Å²) in [7, 11) is 1.04. The monoisotopic (exact) mass is 220 g/mol. The van der Waals surface area contributed by atoms with Crippen molar-refractivity contribution in [3.8, 4) is 0 Å². The summed E-state index contributed by atoms with van der Waals surface area (Å²) in [6, 6.07) is 0.425. The SMILES string of the molecule is [B-]c1cc(F)c(F)c(F)c1S(C)(=O)=O. The Balaban J connectivity index is 3.70. The van der Waals surface area contributed by atoms with Crippen molar-refractivity contribution in [3.05, 3.63) is 23.5 Å². The number of hydrogen-bond acceptors (Lipinski definition) is 2. The van der Waals surface area contributed by atoms with Gasteiger partial charge in [0.1, 0.15) is 0 Å². The van der Waals surface area contributed by atoms with Crippen molar-refractivity contribution in [3.63, 3.8) is 0 Å². The predicted octanol–water partition coefficient (Wildman–Crippen LogP) is 0.301. The average molecular weight is 220 g/mol. The van der Waals surface area contributed by atoms with Crippen LogP contribution in [0, 0.1) is 17.5 Å². The zero-order chi connectivity index (χ0) is 11.1. The quantitative estimate of drug-likeness (QED) is 0.387. The molecule has 0 saturated heterocycles. The van der Waals surface area contributed by atoms with Gasteiger partial charge in [-0.25, -0.2) is 21.6 Å². The first-order valence-corrected chi connectivity index (χ1v) is 5.27. The van der Waals surface area contributed by atoms with Crippen LogP contribution in [0.3, 0.4) is 0 Å². The van der Waals surface area contributed by atoms with Crippen LogP contribution in [0.4, 0.5) is 13.2 Å².